The highest BCUT2D eigenvalue weighted by Crippen LogP contribution is 2.60. The number of ether oxygens (including phenoxy) is 2. The van der Waals surface area contributed by atoms with Crippen LogP contribution in [0.25, 0.3) is 0 Å². The molecule has 4 heterocycles. The van der Waals surface area contributed by atoms with Crippen LogP contribution in [-0.2, 0) is 31.3 Å². The molecule has 3 fully saturated rings. The van der Waals surface area contributed by atoms with Crippen molar-refractivity contribution >= 4 is 48.0 Å². The number of carbonyl (C=O) groups excluding carboxylic acids is 3. The molecule has 54 heavy (non-hydrogen) atoms. The number of likely N-dealkylation sites (tertiary alicyclic amines) is 1. The second kappa shape index (κ2) is 14.9. The van der Waals surface area contributed by atoms with Crippen molar-refractivity contribution in [2.75, 3.05) is 37.0 Å². The Morgan fingerprint density at radius 1 is 1.11 bits per heavy atom. The zero-order valence-corrected chi connectivity index (χ0v) is 32.2. The Bertz CT molecular complexity index is 1940. The molecule has 3 N–H and O–H groups in total. The number of nitrogens with one attached hydrogen (secondary N) is 2. The molecule has 0 saturated carbocycles. The van der Waals surface area contributed by atoms with E-state index in [0.29, 0.717) is 29.2 Å². The molecule has 13 nitrogen and oxygen atoms in total. The highest BCUT2D eigenvalue weighted by molar-refractivity contribution is 6.91. The van der Waals surface area contributed by atoms with E-state index in [1.54, 1.807) is 23.0 Å². The van der Waals surface area contributed by atoms with Crippen LogP contribution in [0.1, 0.15) is 50.2 Å². The number of nitro benzene ring substituents is 1. The summed E-state index contributed by atoms with van der Waals surface area (Å²) in [7, 11) is -0.988. The Labute approximate surface area is 316 Å². The predicted octanol–water partition coefficient (Wildman–Crippen LogP) is 4.43. The first-order valence-corrected chi connectivity index (χ1v) is 21.9. The molecule has 4 aliphatic rings. The number of nitrogens with zero attached hydrogens (tertiary/aromatic N) is 3. The maximum Gasteiger partial charge on any atom is 0.269 e. The van der Waals surface area contributed by atoms with E-state index in [9.17, 15) is 24.8 Å². The van der Waals surface area contributed by atoms with Crippen molar-refractivity contribution in [3.05, 3.63) is 88.0 Å². The fraction of sp³-hybridized carbons (Fsp3) is 0.475. The maximum absolute atomic E-state index is 15.2. The van der Waals surface area contributed by atoms with Gasteiger partial charge < -0.3 is 35.0 Å². The number of hydrogen-bond acceptors (Lipinski definition) is 9. The van der Waals surface area contributed by atoms with E-state index in [0.717, 1.165) is 43.0 Å². The van der Waals surface area contributed by atoms with Gasteiger partial charge in [0.1, 0.15) is 5.75 Å². The zero-order valence-electron chi connectivity index (χ0n) is 31.2. The van der Waals surface area contributed by atoms with Gasteiger partial charge in [0.15, 0.2) is 5.60 Å². The Morgan fingerprint density at radius 2 is 1.89 bits per heavy atom. The molecule has 14 heteroatoms. The topological polar surface area (TPSA) is 164 Å². The first-order chi connectivity index (χ1) is 25.9. The third kappa shape index (κ3) is 6.58. The Morgan fingerprint density at radius 3 is 2.57 bits per heavy atom. The number of amides is 3. The summed E-state index contributed by atoms with van der Waals surface area (Å²) in [5, 5.41) is 29.5. The summed E-state index contributed by atoms with van der Waals surface area (Å²) in [4.78, 5) is 57.3. The van der Waals surface area contributed by atoms with Gasteiger partial charge in [-0.05, 0) is 73.7 Å². The van der Waals surface area contributed by atoms with Crippen molar-refractivity contribution in [3.8, 4) is 5.75 Å². The summed E-state index contributed by atoms with van der Waals surface area (Å²) in [6.07, 6.45) is 2.54. The van der Waals surface area contributed by atoms with Crippen LogP contribution in [-0.4, -0.2) is 85.7 Å². The molecular weight excluding hydrogens is 707 g/mol. The number of aliphatic hydroxyl groups is 1. The molecule has 3 saturated heterocycles. The van der Waals surface area contributed by atoms with Crippen molar-refractivity contribution in [1.29, 1.82) is 0 Å². The van der Waals surface area contributed by atoms with E-state index in [4.69, 9.17) is 9.47 Å². The number of aliphatic hydroxyl groups excluding tert-OH is 1. The largest absolute Gasteiger partial charge is 0.497 e. The number of rotatable bonds is 11. The minimum atomic E-state index is -2.60. The lowest BCUT2D eigenvalue weighted by atomic mass is 9.82. The fourth-order valence-electron chi connectivity index (χ4n) is 9.48. The second-order valence-corrected chi connectivity index (χ2v) is 20.3. The van der Waals surface area contributed by atoms with Crippen molar-refractivity contribution in [3.63, 3.8) is 0 Å². The van der Waals surface area contributed by atoms with E-state index in [1.807, 2.05) is 55.5 Å². The highest BCUT2D eigenvalue weighted by Gasteiger charge is 2.67. The van der Waals surface area contributed by atoms with Gasteiger partial charge in [-0.3, -0.25) is 24.5 Å². The smallest absolute Gasteiger partial charge is 0.269 e. The fourth-order valence-corrected chi connectivity index (χ4v) is 13.5. The summed E-state index contributed by atoms with van der Waals surface area (Å²) in [6, 6.07) is 19.2. The molecule has 1 spiro atoms. The van der Waals surface area contributed by atoms with Gasteiger partial charge >= 0.3 is 0 Å². The summed E-state index contributed by atoms with van der Waals surface area (Å²) < 4.78 is 12.5. The third-order valence-corrected chi connectivity index (χ3v) is 16.6. The average molecular weight is 756 g/mol. The van der Waals surface area contributed by atoms with Crippen LogP contribution in [0.3, 0.4) is 0 Å². The number of carbonyl (C=O) groups is 3. The van der Waals surface area contributed by atoms with Crippen molar-refractivity contribution in [2.24, 2.45) is 5.92 Å². The summed E-state index contributed by atoms with van der Waals surface area (Å²) >= 11 is 0. The molecular formula is C40H49N5O8Si. The molecule has 3 amide bonds. The first kappa shape index (κ1) is 37.7. The number of benzene rings is 3. The Kier molecular flexibility index (Phi) is 10.4. The summed E-state index contributed by atoms with van der Waals surface area (Å²) in [5.74, 6) is -0.356. The van der Waals surface area contributed by atoms with Crippen LogP contribution >= 0.6 is 0 Å². The molecule has 0 bridgehead atoms. The van der Waals surface area contributed by atoms with Crippen molar-refractivity contribution in [2.45, 2.75) is 88.0 Å². The molecule has 286 valence electrons. The van der Waals surface area contributed by atoms with Gasteiger partial charge in [0.05, 0.1) is 63.6 Å². The average Bonchev–Trinajstić information content (AvgIpc) is 3.97. The van der Waals surface area contributed by atoms with E-state index >= 15 is 4.79 Å². The molecule has 3 aromatic carbocycles. The summed E-state index contributed by atoms with van der Waals surface area (Å²) in [6.45, 7) is 7.76. The van der Waals surface area contributed by atoms with Crippen LogP contribution in [0, 0.1) is 16.0 Å². The molecule has 4 aliphatic heterocycles. The third-order valence-electron chi connectivity index (χ3n) is 12.2. The van der Waals surface area contributed by atoms with E-state index < -0.39 is 30.6 Å². The van der Waals surface area contributed by atoms with Gasteiger partial charge in [-0.1, -0.05) is 49.5 Å². The number of anilines is 2. The number of fused-ring (bicyclic) bond motifs is 2. The lowest BCUT2D eigenvalue weighted by Gasteiger charge is -2.37. The zero-order chi connectivity index (χ0) is 38.4. The van der Waals surface area contributed by atoms with Gasteiger partial charge in [0, 0.05) is 35.8 Å². The molecule has 6 atom stereocenters. The van der Waals surface area contributed by atoms with Crippen molar-refractivity contribution < 1.29 is 33.9 Å². The van der Waals surface area contributed by atoms with Gasteiger partial charge in [-0.15, -0.1) is 0 Å². The van der Waals surface area contributed by atoms with Crippen LogP contribution in [0.4, 0.5) is 17.1 Å². The monoisotopic (exact) mass is 755 g/mol. The molecule has 0 radical (unpaired) electrons. The second-order valence-electron chi connectivity index (χ2n) is 15.6. The standard InChI is InChI=1S/C40H49N5O8Si/c1-25-37(54(3,4)31-15-13-30(52-2)14-16-31)35(22-36(47)43-19-7-10-29(43)24-46)53-40(25)32-21-28(45(50)51)12-17-34(32)44(39(40)49)23-26-8-5-9-27(20-26)42-38(48)33-11-6-18-41-33/h5,8-9,12-17,20-21,25,29,33,35,37,41,46H,6-7,10-11,18-19,22-24H2,1-4H3,(H,42,48)/t25-,29-,33+,35+,37-,40+/m0/s1. The van der Waals surface area contributed by atoms with Crippen molar-refractivity contribution in [1.82, 2.24) is 10.2 Å². The van der Waals surface area contributed by atoms with Crippen LogP contribution in [0.2, 0.25) is 18.6 Å². The minimum Gasteiger partial charge on any atom is -0.497 e. The van der Waals surface area contributed by atoms with Crippen LogP contribution in [0.5, 0.6) is 5.75 Å². The van der Waals surface area contributed by atoms with Gasteiger partial charge in [0.2, 0.25) is 11.8 Å². The van der Waals surface area contributed by atoms with Crippen LogP contribution < -0.4 is 25.5 Å². The van der Waals surface area contributed by atoms with Gasteiger partial charge in [0.25, 0.3) is 11.6 Å². The lowest BCUT2D eigenvalue weighted by molar-refractivity contribution is -0.385. The van der Waals surface area contributed by atoms with Crippen LogP contribution in [0.15, 0.2) is 66.7 Å². The molecule has 3 aromatic rings. The SMILES string of the molecule is COc1ccc([Si](C)(C)[C@@H]2[C@@H](CC(=O)N3CCC[C@H]3CO)O[C@]3(C(=O)N(Cc4cccc(NC(=O)[C@H]5CCCN5)c4)c4ccc([N+](=O)[O-])cc43)[C@H]2C)cc1. The van der Waals surface area contributed by atoms with E-state index in [2.05, 4.69) is 23.7 Å². The van der Waals surface area contributed by atoms with Gasteiger partial charge in [-0.25, -0.2) is 0 Å². The number of nitro groups is 1. The van der Waals surface area contributed by atoms with E-state index in [-0.39, 0.29) is 60.6 Å². The van der Waals surface area contributed by atoms with E-state index in [1.165, 1.54) is 12.1 Å². The molecule has 0 unspecified atom stereocenters. The number of hydrogen-bond donors (Lipinski definition) is 3. The molecule has 0 aliphatic carbocycles. The molecule has 7 rings (SSSR count). The normalized spacial score (nSPS) is 26.4. The Hall–Kier alpha value is -4.63. The first-order valence-electron chi connectivity index (χ1n) is 18.9. The lowest BCUT2D eigenvalue weighted by Crippen LogP contribution is -2.52. The summed E-state index contributed by atoms with van der Waals surface area (Å²) in [5.41, 5.74) is 0.271. The predicted molar refractivity (Wildman–Crippen MR) is 206 cm³/mol. The molecule has 0 aromatic heterocycles. The minimum absolute atomic E-state index is 0.00890. The highest BCUT2D eigenvalue weighted by atomic mass is 28.3. The number of methoxy groups -OCH3 is 1. The Balaban J connectivity index is 1.28. The quantitative estimate of drug-likeness (QED) is 0.146. The maximum atomic E-state index is 15.2. The number of non-ortho nitro benzene ring substituents is 1. The van der Waals surface area contributed by atoms with Gasteiger partial charge in [-0.2, -0.15) is 0 Å².